The molecule has 1 aliphatic heterocycles. The zero-order chi connectivity index (χ0) is 13.1. The zero-order valence-corrected chi connectivity index (χ0v) is 11.6. The Morgan fingerprint density at radius 2 is 1.79 bits per heavy atom. The van der Waals surface area contributed by atoms with Crippen LogP contribution >= 0.6 is 0 Å². The second kappa shape index (κ2) is 5.35. The molecule has 100 valence electrons. The van der Waals surface area contributed by atoms with Gasteiger partial charge in [0.1, 0.15) is 5.54 Å². The molecule has 0 N–H and O–H groups in total. The lowest BCUT2D eigenvalue weighted by Crippen LogP contribution is -2.47. The molecule has 2 aliphatic rings. The van der Waals surface area contributed by atoms with Gasteiger partial charge in [-0.25, -0.2) is 0 Å². The van der Waals surface area contributed by atoms with Gasteiger partial charge >= 0.3 is 0 Å². The third kappa shape index (κ3) is 2.17. The standard InChI is InChI=1S/C17H22N2/c18-14-17(19-12-6-1-7-13-19)11-5-4-9-15-8-2-3-10-16(15)17/h2-3,8,10H,1,4-7,9,11-13H2. The van der Waals surface area contributed by atoms with Crippen LogP contribution in [0.2, 0.25) is 0 Å². The molecule has 1 heterocycles. The summed E-state index contributed by atoms with van der Waals surface area (Å²) in [7, 11) is 0. The maximum absolute atomic E-state index is 9.97. The van der Waals surface area contributed by atoms with Crippen molar-refractivity contribution in [1.82, 2.24) is 4.90 Å². The molecule has 0 bridgehead atoms. The summed E-state index contributed by atoms with van der Waals surface area (Å²) in [5, 5.41) is 9.97. The molecule has 0 aromatic heterocycles. The highest BCUT2D eigenvalue weighted by molar-refractivity contribution is 5.40. The Morgan fingerprint density at radius 3 is 2.58 bits per heavy atom. The summed E-state index contributed by atoms with van der Waals surface area (Å²) in [6.45, 7) is 2.17. The van der Waals surface area contributed by atoms with Gasteiger partial charge in [0.15, 0.2) is 0 Å². The van der Waals surface area contributed by atoms with E-state index in [1.165, 1.54) is 43.2 Å². The second-order valence-electron chi connectivity index (χ2n) is 5.88. The molecular weight excluding hydrogens is 232 g/mol. The van der Waals surface area contributed by atoms with Crippen molar-refractivity contribution < 1.29 is 0 Å². The molecule has 2 nitrogen and oxygen atoms in total. The van der Waals surface area contributed by atoms with E-state index in [-0.39, 0.29) is 5.54 Å². The molecule has 3 rings (SSSR count). The zero-order valence-electron chi connectivity index (χ0n) is 11.6. The molecule has 0 amide bonds. The first-order valence-corrected chi connectivity index (χ1v) is 7.61. The summed E-state index contributed by atoms with van der Waals surface area (Å²) in [5.41, 5.74) is 2.33. The average molecular weight is 254 g/mol. The van der Waals surface area contributed by atoms with Crippen LogP contribution in [-0.2, 0) is 12.0 Å². The molecule has 1 saturated heterocycles. The SMILES string of the molecule is N#CC1(N2CCCCC2)CCCCc2ccccc21. The van der Waals surface area contributed by atoms with Crippen LogP contribution in [0, 0.1) is 11.3 Å². The van der Waals surface area contributed by atoms with Crippen molar-refractivity contribution in [2.24, 2.45) is 0 Å². The van der Waals surface area contributed by atoms with E-state index in [1.54, 1.807) is 0 Å². The Hall–Kier alpha value is -1.33. The molecule has 19 heavy (non-hydrogen) atoms. The van der Waals surface area contributed by atoms with Crippen LogP contribution in [0.5, 0.6) is 0 Å². The maximum atomic E-state index is 9.97. The van der Waals surface area contributed by atoms with Gasteiger partial charge in [0.25, 0.3) is 0 Å². The number of hydrogen-bond acceptors (Lipinski definition) is 2. The molecule has 1 aromatic rings. The number of hydrogen-bond donors (Lipinski definition) is 0. The number of nitrogens with zero attached hydrogens (tertiary/aromatic N) is 2. The number of nitriles is 1. The summed E-state index contributed by atoms with van der Waals surface area (Å²) < 4.78 is 0. The number of rotatable bonds is 1. The molecule has 2 heteroatoms. The van der Waals surface area contributed by atoms with Crippen LogP contribution in [-0.4, -0.2) is 18.0 Å². The molecule has 1 aromatic carbocycles. The van der Waals surface area contributed by atoms with Crippen molar-refractivity contribution in [3.63, 3.8) is 0 Å². The minimum atomic E-state index is -0.354. The predicted molar refractivity (Wildman–Crippen MR) is 76.7 cm³/mol. The van der Waals surface area contributed by atoms with Crippen LogP contribution in [0.25, 0.3) is 0 Å². The van der Waals surface area contributed by atoms with E-state index in [0.29, 0.717) is 0 Å². The third-order valence-electron chi connectivity index (χ3n) is 4.78. The monoisotopic (exact) mass is 254 g/mol. The van der Waals surface area contributed by atoms with Gasteiger partial charge in [-0.15, -0.1) is 0 Å². The molecule has 1 fully saturated rings. The van der Waals surface area contributed by atoms with E-state index in [4.69, 9.17) is 0 Å². The lowest BCUT2D eigenvalue weighted by atomic mass is 9.83. The van der Waals surface area contributed by atoms with Crippen LogP contribution in [0.1, 0.15) is 49.7 Å². The van der Waals surface area contributed by atoms with Crippen LogP contribution in [0.3, 0.4) is 0 Å². The minimum absolute atomic E-state index is 0.354. The fourth-order valence-electron chi connectivity index (χ4n) is 3.76. The van der Waals surface area contributed by atoms with Crippen LogP contribution < -0.4 is 0 Å². The Labute approximate surface area is 116 Å². The first-order chi connectivity index (χ1) is 9.37. The van der Waals surface area contributed by atoms with Gasteiger partial charge in [-0.2, -0.15) is 5.26 Å². The molecule has 0 radical (unpaired) electrons. The van der Waals surface area contributed by atoms with E-state index in [2.05, 4.69) is 35.2 Å². The predicted octanol–water partition coefficient (Wildman–Crippen LogP) is 3.62. The Bertz CT molecular complexity index is 482. The summed E-state index contributed by atoms with van der Waals surface area (Å²) >= 11 is 0. The van der Waals surface area contributed by atoms with Gasteiger partial charge in [0.2, 0.25) is 0 Å². The van der Waals surface area contributed by atoms with Crippen molar-refractivity contribution in [3.8, 4) is 6.07 Å². The van der Waals surface area contributed by atoms with E-state index in [1.807, 2.05) is 0 Å². The van der Waals surface area contributed by atoms with Gasteiger partial charge in [-0.05, 0) is 62.7 Å². The van der Waals surface area contributed by atoms with Crippen LogP contribution in [0.15, 0.2) is 24.3 Å². The van der Waals surface area contributed by atoms with Crippen molar-refractivity contribution in [2.45, 2.75) is 50.5 Å². The van der Waals surface area contributed by atoms with Gasteiger partial charge in [0, 0.05) is 0 Å². The van der Waals surface area contributed by atoms with E-state index >= 15 is 0 Å². The summed E-state index contributed by atoms with van der Waals surface area (Å²) in [5.74, 6) is 0. The van der Waals surface area contributed by atoms with E-state index in [0.717, 1.165) is 25.9 Å². The minimum Gasteiger partial charge on any atom is -0.282 e. The topological polar surface area (TPSA) is 27.0 Å². The fraction of sp³-hybridized carbons (Fsp3) is 0.588. The van der Waals surface area contributed by atoms with Crippen molar-refractivity contribution in [2.75, 3.05) is 13.1 Å². The highest BCUT2D eigenvalue weighted by Crippen LogP contribution is 2.40. The molecule has 0 saturated carbocycles. The fourth-order valence-corrected chi connectivity index (χ4v) is 3.76. The first-order valence-electron chi connectivity index (χ1n) is 7.61. The quantitative estimate of drug-likeness (QED) is 0.716. The molecule has 0 spiro atoms. The van der Waals surface area contributed by atoms with Gasteiger partial charge in [0.05, 0.1) is 6.07 Å². The third-order valence-corrected chi connectivity index (χ3v) is 4.78. The highest BCUT2D eigenvalue weighted by Gasteiger charge is 2.41. The maximum Gasteiger partial charge on any atom is 0.135 e. The smallest absolute Gasteiger partial charge is 0.135 e. The van der Waals surface area contributed by atoms with Gasteiger partial charge in [-0.3, -0.25) is 4.90 Å². The number of likely N-dealkylation sites (tertiary alicyclic amines) is 1. The Kier molecular flexibility index (Phi) is 3.57. The van der Waals surface area contributed by atoms with Crippen molar-refractivity contribution >= 4 is 0 Å². The normalized spacial score (nSPS) is 28.2. The largest absolute Gasteiger partial charge is 0.282 e. The van der Waals surface area contributed by atoms with Gasteiger partial charge < -0.3 is 0 Å². The van der Waals surface area contributed by atoms with E-state index in [9.17, 15) is 5.26 Å². The summed E-state index contributed by atoms with van der Waals surface area (Å²) in [4.78, 5) is 2.46. The number of piperidine rings is 1. The Balaban J connectivity index is 2.06. The molecular formula is C17H22N2. The average Bonchev–Trinajstić information content (AvgIpc) is 2.68. The van der Waals surface area contributed by atoms with Gasteiger partial charge in [-0.1, -0.05) is 30.7 Å². The lowest BCUT2D eigenvalue weighted by Gasteiger charge is -2.41. The number of aryl methyl sites for hydroxylation is 1. The molecule has 1 atom stereocenters. The molecule has 1 aliphatic carbocycles. The van der Waals surface area contributed by atoms with E-state index < -0.39 is 0 Å². The second-order valence-corrected chi connectivity index (χ2v) is 5.88. The van der Waals surface area contributed by atoms with Crippen molar-refractivity contribution in [1.29, 1.82) is 5.26 Å². The summed E-state index contributed by atoms with van der Waals surface area (Å²) in [6, 6.07) is 11.3. The summed E-state index contributed by atoms with van der Waals surface area (Å²) in [6.07, 6.45) is 8.32. The molecule has 1 unspecified atom stereocenters. The lowest BCUT2D eigenvalue weighted by molar-refractivity contribution is 0.100. The highest BCUT2D eigenvalue weighted by atomic mass is 15.2. The van der Waals surface area contributed by atoms with Crippen molar-refractivity contribution in [3.05, 3.63) is 35.4 Å². The number of benzene rings is 1. The Morgan fingerprint density at radius 1 is 1.00 bits per heavy atom. The van der Waals surface area contributed by atoms with Crippen LogP contribution in [0.4, 0.5) is 0 Å². The number of fused-ring (bicyclic) bond motifs is 1. The first kappa shape index (κ1) is 12.7.